The highest BCUT2D eigenvalue weighted by molar-refractivity contribution is 5.01. The molecule has 1 saturated heterocycles. The third-order valence-electron chi connectivity index (χ3n) is 3.69. The molecule has 1 aromatic rings. The van der Waals surface area contributed by atoms with E-state index in [1.165, 1.54) is 5.69 Å². The van der Waals surface area contributed by atoms with Gasteiger partial charge in [-0.2, -0.15) is 5.10 Å². The second-order valence-electron chi connectivity index (χ2n) is 4.97. The lowest BCUT2D eigenvalue weighted by Gasteiger charge is -2.36. The number of aromatic nitrogens is 2. The Bertz CT molecular complexity index is 340. The lowest BCUT2D eigenvalue weighted by Crippen LogP contribution is -2.43. The fourth-order valence-electron chi connectivity index (χ4n) is 2.29. The molecule has 1 fully saturated rings. The lowest BCUT2D eigenvalue weighted by molar-refractivity contribution is -0.0223. The third kappa shape index (κ3) is 2.62. The van der Waals surface area contributed by atoms with Crippen molar-refractivity contribution in [2.45, 2.75) is 31.3 Å². The number of hydrogen-bond acceptors (Lipinski definition) is 3. The van der Waals surface area contributed by atoms with E-state index >= 15 is 0 Å². The van der Waals surface area contributed by atoms with Gasteiger partial charge in [0.15, 0.2) is 0 Å². The van der Waals surface area contributed by atoms with E-state index in [1.807, 2.05) is 24.0 Å². The van der Waals surface area contributed by atoms with Crippen molar-refractivity contribution in [3.63, 3.8) is 0 Å². The van der Waals surface area contributed by atoms with E-state index in [0.717, 1.165) is 38.8 Å². The highest BCUT2D eigenvalue weighted by Gasteiger charge is 2.30. The van der Waals surface area contributed by atoms with Crippen molar-refractivity contribution < 1.29 is 5.11 Å². The molecule has 0 aromatic carbocycles. The van der Waals surface area contributed by atoms with Crippen LogP contribution < -0.4 is 0 Å². The first-order valence-electron chi connectivity index (χ1n) is 5.97. The van der Waals surface area contributed by atoms with Gasteiger partial charge in [-0.05, 0) is 38.8 Å². The zero-order valence-electron chi connectivity index (χ0n) is 10.2. The molecular weight excluding hydrogens is 202 g/mol. The first-order valence-corrected chi connectivity index (χ1v) is 5.97. The fourth-order valence-corrected chi connectivity index (χ4v) is 2.29. The van der Waals surface area contributed by atoms with Crippen LogP contribution in [0.1, 0.15) is 25.0 Å². The van der Waals surface area contributed by atoms with E-state index < -0.39 is 5.60 Å². The molecule has 16 heavy (non-hydrogen) atoms. The summed E-state index contributed by atoms with van der Waals surface area (Å²) >= 11 is 0. The van der Waals surface area contributed by atoms with Crippen LogP contribution in [0.2, 0.25) is 0 Å². The summed E-state index contributed by atoms with van der Waals surface area (Å²) in [6.45, 7) is 2.00. The van der Waals surface area contributed by atoms with Gasteiger partial charge in [0.25, 0.3) is 0 Å². The Kier molecular flexibility index (Phi) is 3.30. The van der Waals surface area contributed by atoms with E-state index in [-0.39, 0.29) is 0 Å². The predicted octanol–water partition coefficient (Wildman–Crippen LogP) is 0.809. The fraction of sp³-hybridized carbons (Fsp3) is 0.750. The van der Waals surface area contributed by atoms with Gasteiger partial charge < -0.3 is 10.0 Å². The van der Waals surface area contributed by atoms with E-state index in [9.17, 15) is 5.11 Å². The van der Waals surface area contributed by atoms with Crippen LogP contribution in [-0.2, 0) is 13.5 Å². The summed E-state index contributed by atoms with van der Waals surface area (Å²) in [4.78, 5) is 2.28. The highest BCUT2D eigenvalue weighted by Crippen LogP contribution is 2.26. The molecule has 0 spiro atoms. The molecule has 0 radical (unpaired) electrons. The molecule has 1 aliphatic heterocycles. The molecule has 0 aliphatic carbocycles. The average Bonchev–Trinajstić information content (AvgIpc) is 2.67. The van der Waals surface area contributed by atoms with Gasteiger partial charge >= 0.3 is 0 Å². The second kappa shape index (κ2) is 4.55. The molecular formula is C12H21N3O. The van der Waals surface area contributed by atoms with Crippen molar-refractivity contribution in [2.75, 3.05) is 20.1 Å². The maximum Gasteiger partial charge on any atom is 0.0675 e. The normalized spacial score (nSPS) is 21.2. The summed E-state index contributed by atoms with van der Waals surface area (Å²) < 4.78 is 1.89. The number of hydrogen-bond donors (Lipinski definition) is 1. The Hall–Kier alpha value is -0.870. The Morgan fingerprint density at radius 2 is 2.06 bits per heavy atom. The molecule has 0 amide bonds. The van der Waals surface area contributed by atoms with Crippen LogP contribution in [0, 0.1) is 0 Å². The van der Waals surface area contributed by atoms with Crippen LogP contribution in [-0.4, -0.2) is 45.5 Å². The zero-order chi connectivity index (χ0) is 11.6. The van der Waals surface area contributed by atoms with Crippen molar-refractivity contribution in [1.82, 2.24) is 14.7 Å². The largest absolute Gasteiger partial charge is 0.390 e. The summed E-state index contributed by atoms with van der Waals surface area (Å²) in [6.07, 6.45) is 5.35. The van der Waals surface area contributed by atoms with Crippen molar-refractivity contribution in [1.29, 1.82) is 0 Å². The summed E-state index contributed by atoms with van der Waals surface area (Å²) in [5.74, 6) is 0. The maximum atomic E-state index is 10.4. The van der Waals surface area contributed by atoms with Crippen LogP contribution in [0.15, 0.2) is 12.3 Å². The summed E-state index contributed by atoms with van der Waals surface area (Å²) in [6, 6.07) is 2.03. The van der Waals surface area contributed by atoms with Gasteiger partial charge in [0.05, 0.1) is 5.60 Å². The molecule has 1 N–H and O–H groups in total. The highest BCUT2D eigenvalue weighted by atomic mass is 16.3. The number of nitrogens with zero attached hydrogens (tertiary/aromatic N) is 3. The minimum absolute atomic E-state index is 0.462. The van der Waals surface area contributed by atoms with Crippen LogP contribution in [0.5, 0.6) is 0 Å². The van der Waals surface area contributed by atoms with Crippen molar-refractivity contribution in [3.05, 3.63) is 18.0 Å². The maximum absolute atomic E-state index is 10.4. The SMILES string of the molecule is CN1CCC(O)(CCc2ccnn2C)CC1. The van der Waals surface area contributed by atoms with Crippen molar-refractivity contribution in [3.8, 4) is 0 Å². The Balaban J connectivity index is 1.88. The average molecular weight is 223 g/mol. The molecule has 2 heterocycles. The minimum atomic E-state index is -0.462. The van der Waals surface area contributed by atoms with E-state index in [2.05, 4.69) is 17.0 Å². The molecule has 2 rings (SSSR count). The van der Waals surface area contributed by atoms with Gasteiger partial charge in [-0.3, -0.25) is 4.68 Å². The van der Waals surface area contributed by atoms with Gasteiger partial charge in [-0.15, -0.1) is 0 Å². The van der Waals surface area contributed by atoms with Crippen LogP contribution in [0.3, 0.4) is 0 Å². The third-order valence-corrected chi connectivity index (χ3v) is 3.69. The van der Waals surface area contributed by atoms with Gasteiger partial charge in [-0.25, -0.2) is 0 Å². The first kappa shape index (κ1) is 11.6. The van der Waals surface area contributed by atoms with E-state index in [0.29, 0.717) is 0 Å². The molecule has 4 nitrogen and oxygen atoms in total. The van der Waals surface area contributed by atoms with Gasteiger partial charge in [0.1, 0.15) is 0 Å². The first-order chi connectivity index (χ1) is 7.59. The topological polar surface area (TPSA) is 41.3 Å². The molecule has 4 heteroatoms. The van der Waals surface area contributed by atoms with E-state index in [4.69, 9.17) is 0 Å². The molecule has 0 saturated carbocycles. The number of piperidine rings is 1. The number of likely N-dealkylation sites (tertiary alicyclic amines) is 1. The van der Waals surface area contributed by atoms with Gasteiger partial charge in [0, 0.05) is 32.0 Å². The number of aryl methyl sites for hydroxylation is 2. The van der Waals surface area contributed by atoms with Gasteiger partial charge in [-0.1, -0.05) is 0 Å². The summed E-state index contributed by atoms with van der Waals surface area (Å²) in [5, 5.41) is 14.6. The molecule has 1 aliphatic rings. The molecule has 0 unspecified atom stereocenters. The smallest absolute Gasteiger partial charge is 0.0675 e. The minimum Gasteiger partial charge on any atom is -0.390 e. The molecule has 0 atom stereocenters. The predicted molar refractivity (Wildman–Crippen MR) is 63.2 cm³/mol. The Morgan fingerprint density at radius 1 is 1.38 bits per heavy atom. The quantitative estimate of drug-likeness (QED) is 0.824. The van der Waals surface area contributed by atoms with Crippen molar-refractivity contribution >= 4 is 0 Å². The van der Waals surface area contributed by atoms with E-state index in [1.54, 1.807) is 0 Å². The van der Waals surface area contributed by atoms with Gasteiger partial charge in [0.2, 0.25) is 0 Å². The summed E-state index contributed by atoms with van der Waals surface area (Å²) in [5.41, 5.74) is 0.740. The standard InChI is InChI=1S/C12H21N3O/c1-14-9-6-12(16,7-10-14)5-3-11-4-8-13-15(11)2/h4,8,16H,3,5-7,9-10H2,1-2H3. The number of aliphatic hydroxyl groups is 1. The van der Waals surface area contributed by atoms with Crippen LogP contribution in [0.4, 0.5) is 0 Å². The number of rotatable bonds is 3. The zero-order valence-corrected chi connectivity index (χ0v) is 10.2. The second-order valence-corrected chi connectivity index (χ2v) is 4.97. The molecule has 90 valence electrons. The summed E-state index contributed by atoms with van der Waals surface area (Å²) in [7, 11) is 4.06. The molecule has 1 aromatic heterocycles. The molecule has 0 bridgehead atoms. The monoisotopic (exact) mass is 223 g/mol. The Morgan fingerprint density at radius 3 is 2.62 bits per heavy atom. The Labute approximate surface area is 96.9 Å². The van der Waals surface area contributed by atoms with Crippen molar-refractivity contribution in [2.24, 2.45) is 7.05 Å². The van der Waals surface area contributed by atoms with Crippen LogP contribution >= 0.6 is 0 Å². The lowest BCUT2D eigenvalue weighted by atomic mass is 9.87. The van der Waals surface area contributed by atoms with Crippen LogP contribution in [0.25, 0.3) is 0 Å².